The third-order valence-electron chi connectivity index (χ3n) is 7.14. The molecule has 0 amide bonds. The summed E-state index contributed by atoms with van der Waals surface area (Å²) in [5, 5.41) is 1.22. The lowest BCUT2D eigenvalue weighted by atomic mass is 9.81. The van der Waals surface area contributed by atoms with Crippen LogP contribution < -0.4 is 4.74 Å². The Bertz CT molecular complexity index is 1190. The Morgan fingerprint density at radius 1 is 0.903 bits per heavy atom. The number of benzene rings is 2. The molecule has 5 heterocycles. The summed E-state index contributed by atoms with van der Waals surface area (Å²) >= 11 is 0. The van der Waals surface area contributed by atoms with Crippen molar-refractivity contribution in [2.75, 3.05) is 13.1 Å². The van der Waals surface area contributed by atoms with Crippen LogP contribution in [0.4, 0.5) is 0 Å². The monoisotopic (exact) mass is 409 g/mol. The molecule has 4 aromatic rings. The molecule has 4 nitrogen and oxygen atoms in total. The van der Waals surface area contributed by atoms with Gasteiger partial charge in [-0.25, -0.2) is 4.98 Å². The van der Waals surface area contributed by atoms with Gasteiger partial charge in [0.05, 0.1) is 5.52 Å². The Hall–Kier alpha value is -3.11. The van der Waals surface area contributed by atoms with E-state index in [9.17, 15) is 0 Å². The fourth-order valence-corrected chi connectivity index (χ4v) is 5.35. The van der Waals surface area contributed by atoms with Crippen molar-refractivity contribution in [3.05, 3.63) is 79.1 Å². The zero-order valence-corrected chi connectivity index (χ0v) is 17.8. The van der Waals surface area contributed by atoms with Gasteiger partial charge in [0.15, 0.2) is 0 Å². The predicted molar refractivity (Wildman–Crippen MR) is 125 cm³/mol. The number of ether oxygens (including phenoxy) is 1. The van der Waals surface area contributed by atoms with Gasteiger partial charge in [0.2, 0.25) is 5.88 Å². The molecule has 0 N–H and O–H groups in total. The standard InChI is InChI=1S/C27H27N3O/c1-19-27(20-11-14-29(19)15-12-20)31-26-10-8-23(18-28-26)21-7-9-25-22(17-21)13-16-30(25)24-5-3-2-4-6-24/h2-10,13,16-20,27H,11-12,14-15H2,1H3/t19-,27-/m0/s1. The van der Waals surface area contributed by atoms with Crippen LogP contribution in [0.5, 0.6) is 5.88 Å². The first kappa shape index (κ1) is 18.6. The molecule has 2 aromatic carbocycles. The minimum Gasteiger partial charge on any atom is -0.472 e. The fraction of sp³-hybridized carbons (Fsp3) is 0.296. The molecule has 3 aliphatic rings. The molecular weight excluding hydrogens is 382 g/mol. The van der Waals surface area contributed by atoms with Crippen LogP contribution in [0.2, 0.25) is 0 Å². The van der Waals surface area contributed by atoms with Gasteiger partial charge in [-0.3, -0.25) is 4.90 Å². The zero-order chi connectivity index (χ0) is 20.8. The Balaban J connectivity index is 1.23. The molecule has 0 unspecified atom stereocenters. The predicted octanol–water partition coefficient (Wildman–Crippen LogP) is 5.55. The second kappa shape index (κ2) is 7.54. The third-order valence-corrected chi connectivity index (χ3v) is 7.14. The van der Waals surface area contributed by atoms with Crippen LogP contribution in [-0.4, -0.2) is 39.7 Å². The molecule has 2 atom stereocenters. The Kier molecular flexibility index (Phi) is 4.53. The highest BCUT2D eigenvalue weighted by Crippen LogP contribution is 2.35. The molecule has 7 rings (SSSR count). The summed E-state index contributed by atoms with van der Waals surface area (Å²) in [7, 11) is 0. The molecule has 2 bridgehead atoms. The number of aromatic nitrogens is 2. The molecular formula is C27H27N3O. The smallest absolute Gasteiger partial charge is 0.213 e. The molecule has 0 radical (unpaired) electrons. The lowest BCUT2D eigenvalue weighted by molar-refractivity contribution is -0.0525. The number of hydrogen-bond donors (Lipinski definition) is 0. The van der Waals surface area contributed by atoms with Gasteiger partial charge in [-0.15, -0.1) is 0 Å². The van der Waals surface area contributed by atoms with E-state index >= 15 is 0 Å². The van der Waals surface area contributed by atoms with Crippen molar-refractivity contribution < 1.29 is 4.74 Å². The van der Waals surface area contributed by atoms with Crippen LogP contribution in [0.25, 0.3) is 27.7 Å². The van der Waals surface area contributed by atoms with E-state index in [2.05, 4.69) is 82.2 Å². The first-order valence-electron chi connectivity index (χ1n) is 11.3. The van der Waals surface area contributed by atoms with E-state index in [-0.39, 0.29) is 6.10 Å². The van der Waals surface area contributed by atoms with Gasteiger partial charge in [-0.05, 0) is 80.7 Å². The highest BCUT2D eigenvalue weighted by atomic mass is 16.5. The summed E-state index contributed by atoms with van der Waals surface area (Å²) < 4.78 is 8.58. The van der Waals surface area contributed by atoms with E-state index in [4.69, 9.17) is 4.74 Å². The Morgan fingerprint density at radius 2 is 1.71 bits per heavy atom. The molecule has 0 saturated carbocycles. The third kappa shape index (κ3) is 3.31. The topological polar surface area (TPSA) is 30.3 Å². The average Bonchev–Trinajstić information content (AvgIpc) is 3.26. The van der Waals surface area contributed by atoms with Gasteiger partial charge in [0, 0.05) is 41.1 Å². The average molecular weight is 410 g/mol. The molecule has 3 fully saturated rings. The summed E-state index contributed by atoms with van der Waals surface area (Å²) in [6, 6.07) is 23.9. The lowest BCUT2D eigenvalue weighted by Crippen LogP contribution is -2.58. The van der Waals surface area contributed by atoms with Crippen molar-refractivity contribution in [2.24, 2.45) is 5.92 Å². The first-order valence-corrected chi connectivity index (χ1v) is 11.3. The van der Waals surface area contributed by atoms with Gasteiger partial charge in [-0.2, -0.15) is 0 Å². The first-order chi connectivity index (χ1) is 15.3. The van der Waals surface area contributed by atoms with Crippen molar-refractivity contribution in [1.29, 1.82) is 0 Å². The Labute approximate surface area is 183 Å². The van der Waals surface area contributed by atoms with Crippen LogP contribution in [0.3, 0.4) is 0 Å². The maximum Gasteiger partial charge on any atom is 0.213 e. The van der Waals surface area contributed by atoms with Crippen molar-refractivity contribution in [2.45, 2.75) is 31.9 Å². The number of rotatable bonds is 4. The summed E-state index contributed by atoms with van der Waals surface area (Å²) in [5.74, 6) is 1.41. The summed E-state index contributed by atoms with van der Waals surface area (Å²) in [6.45, 7) is 4.72. The molecule has 3 aliphatic heterocycles. The lowest BCUT2D eigenvalue weighted by Gasteiger charge is -2.49. The van der Waals surface area contributed by atoms with E-state index in [1.54, 1.807) is 0 Å². The van der Waals surface area contributed by atoms with Gasteiger partial charge in [0.1, 0.15) is 6.10 Å². The summed E-state index contributed by atoms with van der Waals surface area (Å²) in [4.78, 5) is 7.21. The Morgan fingerprint density at radius 3 is 2.45 bits per heavy atom. The second-order valence-corrected chi connectivity index (χ2v) is 8.88. The number of hydrogen-bond acceptors (Lipinski definition) is 3. The number of piperidine rings is 3. The number of fused-ring (bicyclic) bond motifs is 4. The minimum atomic E-state index is 0.259. The highest BCUT2D eigenvalue weighted by molar-refractivity contribution is 5.86. The number of pyridine rings is 1. The van der Waals surface area contributed by atoms with Crippen LogP contribution >= 0.6 is 0 Å². The van der Waals surface area contributed by atoms with Gasteiger partial charge < -0.3 is 9.30 Å². The highest BCUT2D eigenvalue weighted by Gasteiger charge is 2.41. The van der Waals surface area contributed by atoms with E-state index < -0.39 is 0 Å². The number of para-hydroxylation sites is 1. The quantitative estimate of drug-likeness (QED) is 0.442. The molecule has 2 aromatic heterocycles. The van der Waals surface area contributed by atoms with Crippen molar-refractivity contribution in [1.82, 2.24) is 14.5 Å². The second-order valence-electron chi connectivity index (χ2n) is 8.88. The minimum absolute atomic E-state index is 0.259. The molecule has 4 heteroatoms. The van der Waals surface area contributed by atoms with Crippen molar-refractivity contribution in [3.63, 3.8) is 0 Å². The van der Waals surface area contributed by atoms with Gasteiger partial charge >= 0.3 is 0 Å². The summed E-state index contributed by atoms with van der Waals surface area (Å²) in [6.07, 6.45) is 6.82. The SMILES string of the molecule is C[C@H]1[C@H](Oc2ccc(-c3ccc4c(ccn4-c4ccccc4)c3)cn2)C2CCN1CC2. The normalized spacial score (nSPS) is 25.1. The van der Waals surface area contributed by atoms with Crippen molar-refractivity contribution >= 4 is 10.9 Å². The van der Waals surface area contributed by atoms with Gasteiger partial charge in [0.25, 0.3) is 0 Å². The maximum atomic E-state index is 6.36. The van der Waals surface area contributed by atoms with E-state index in [0.717, 1.165) is 11.4 Å². The van der Waals surface area contributed by atoms with Crippen LogP contribution in [0, 0.1) is 5.92 Å². The largest absolute Gasteiger partial charge is 0.472 e. The maximum absolute atomic E-state index is 6.36. The van der Waals surface area contributed by atoms with E-state index in [1.165, 1.54) is 48.1 Å². The van der Waals surface area contributed by atoms with Crippen LogP contribution in [0.15, 0.2) is 79.1 Å². The molecule has 0 spiro atoms. The summed E-state index contributed by atoms with van der Waals surface area (Å²) in [5.41, 5.74) is 4.67. The fourth-order valence-electron chi connectivity index (χ4n) is 5.35. The number of nitrogens with zero attached hydrogens (tertiary/aromatic N) is 3. The zero-order valence-electron chi connectivity index (χ0n) is 17.8. The van der Waals surface area contributed by atoms with E-state index in [1.807, 2.05) is 18.3 Å². The van der Waals surface area contributed by atoms with Crippen LogP contribution in [0.1, 0.15) is 19.8 Å². The molecule has 31 heavy (non-hydrogen) atoms. The molecule has 3 saturated heterocycles. The van der Waals surface area contributed by atoms with Gasteiger partial charge in [-0.1, -0.05) is 24.3 Å². The van der Waals surface area contributed by atoms with Crippen molar-refractivity contribution in [3.8, 4) is 22.7 Å². The molecule has 156 valence electrons. The van der Waals surface area contributed by atoms with E-state index in [0.29, 0.717) is 12.0 Å². The molecule has 0 aliphatic carbocycles. The van der Waals surface area contributed by atoms with Crippen LogP contribution in [-0.2, 0) is 0 Å².